The summed E-state index contributed by atoms with van der Waals surface area (Å²) < 4.78 is 5.65. The summed E-state index contributed by atoms with van der Waals surface area (Å²) >= 11 is 1.96. The van der Waals surface area contributed by atoms with Crippen molar-refractivity contribution in [1.82, 2.24) is 9.97 Å². The van der Waals surface area contributed by atoms with Crippen LogP contribution in [0.15, 0.2) is 42.9 Å². The molecule has 0 amide bonds. The molecule has 0 saturated carbocycles. The number of thioether (sulfide) groups is 1. The van der Waals surface area contributed by atoms with Crippen LogP contribution in [0.1, 0.15) is 18.2 Å². The molecule has 3 nitrogen and oxygen atoms in total. The van der Waals surface area contributed by atoms with E-state index in [4.69, 9.17) is 4.74 Å². The first kappa shape index (κ1) is 14.2. The second-order valence-electron chi connectivity index (χ2n) is 4.68. The molecular formula is C15H20N2OS. The number of nitrogens with one attached hydrogen (secondary N) is 1. The van der Waals surface area contributed by atoms with Gasteiger partial charge in [0.1, 0.15) is 0 Å². The Morgan fingerprint density at radius 2 is 2.16 bits per heavy atom. The average molecular weight is 276 g/mol. The van der Waals surface area contributed by atoms with Crippen molar-refractivity contribution in [3.63, 3.8) is 0 Å². The molecule has 0 fully saturated rings. The van der Waals surface area contributed by atoms with Gasteiger partial charge < -0.3 is 9.72 Å². The van der Waals surface area contributed by atoms with Gasteiger partial charge in [-0.3, -0.25) is 0 Å². The molecule has 102 valence electrons. The van der Waals surface area contributed by atoms with E-state index in [-0.39, 0.29) is 0 Å². The summed E-state index contributed by atoms with van der Waals surface area (Å²) in [4.78, 5) is 7.05. The van der Waals surface area contributed by atoms with Gasteiger partial charge in [0.25, 0.3) is 0 Å². The third-order valence-electron chi connectivity index (χ3n) is 2.72. The van der Waals surface area contributed by atoms with Crippen molar-refractivity contribution in [1.29, 1.82) is 0 Å². The fourth-order valence-corrected chi connectivity index (χ4v) is 2.78. The van der Waals surface area contributed by atoms with E-state index in [0.717, 1.165) is 23.8 Å². The van der Waals surface area contributed by atoms with E-state index in [9.17, 15) is 0 Å². The quantitative estimate of drug-likeness (QED) is 0.802. The highest BCUT2D eigenvalue weighted by atomic mass is 32.2. The normalized spacial score (nSPS) is 12.5. The van der Waals surface area contributed by atoms with Crippen molar-refractivity contribution < 1.29 is 4.74 Å². The van der Waals surface area contributed by atoms with E-state index in [1.807, 2.05) is 18.0 Å². The number of aromatic nitrogens is 2. The second-order valence-corrected chi connectivity index (χ2v) is 5.71. The summed E-state index contributed by atoms with van der Waals surface area (Å²) in [5.74, 6) is 2.76. The molecule has 0 spiro atoms. The van der Waals surface area contributed by atoms with Crippen LogP contribution in [0.25, 0.3) is 0 Å². The highest BCUT2D eigenvalue weighted by Crippen LogP contribution is 2.15. The predicted octanol–water partition coefficient (Wildman–Crippen LogP) is 3.50. The highest BCUT2D eigenvalue weighted by molar-refractivity contribution is 7.98. The van der Waals surface area contributed by atoms with Gasteiger partial charge in [0.05, 0.1) is 25.2 Å². The Morgan fingerprint density at radius 3 is 2.89 bits per heavy atom. The molecule has 2 aromatic rings. The number of hydrogen-bond acceptors (Lipinski definition) is 3. The van der Waals surface area contributed by atoms with Crippen LogP contribution in [0.5, 0.6) is 0 Å². The van der Waals surface area contributed by atoms with E-state index in [0.29, 0.717) is 12.5 Å². The lowest BCUT2D eigenvalue weighted by molar-refractivity contribution is 0.0962. The Balaban J connectivity index is 1.56. The Morgan fingerprint density at radius 1 is 1.32 bits per heavy atom. The fourth-order valence-electron chi connectivity index (χ4n) is 1.73. The number of rotatable bonds is 8. The van der Waals surface area contributed by atoms with E-state index >= 15 is 0 Å². The van der Waals surface area contributed by atoms with Gasteiger partial charge in [-0.2, -0.15) is 11.8 Å². The van der Waals surface area contributed by atoms with E-state index in [1.54, 1.807) is 6.33 Å². The molecule has 0 bridgehead atoms. The van der Waals surface area contributed by atoms with Crippen LogP contribution in [0.2, 0.25) is 0 Å². The predicted molar refractivity (Wildman–Crippen MR) is 80.0 cm³/mol. The molecule has 1 atom stereocenters. The van der Waals surface area contributed by atoms with Crippen LogP contribution in [-0.4, -0.2) is 22.3 Å². The van der Waals surface area contributed by atoms with Crippen molar-refractivity contribution in [2.45, 2.75) is 19.3 Å². The standard InChI is InChI=1S/C15H20N2OS/c1-13(8-18-9-15-7-16-12-17-15)10-19-11-14-5-3-2-4-6-14/h2-7,12-13H,8-11H2,1H3,(H,16,17)/t13-/m0/s1. The van der Waals surface area contributed by atoms with Crippen LogP contribution in [0, 0.1) is 5.92 Å². The third-order valence-corrected chi connectivity index (χ3v) is 4.06. The minimum atomic E-state index is 0.563. The lowest BCUT2D eigenvalue weighted by Gasteiger charge is -2.11. The summed E-state index contributed by atoms with van der Waals surface area (Å²) in [5, 5.41) is 0. The minimum Gasteiger partial charge on any atom is -0.375 e. The lowest BCUT2D eigenvalue weighted by atomic mass is 10.2. The van der Waals surface area contributed by atoms with E-state index < -0.39 is 0 Å². The van der Waals surface area contributed by atoms with Gasteiger partial charge in [0, 0.05) is 11.9 Å². The first-order valence-corrected chi connectivity index (χ1v) is 7.67. The summed E-state index contributed by atoms with van der Waals surface area (Å²) in [6.45, 7) is 3.61. The molecule has 1 aromatic heterocycles. The molecule has 2 rings (SSSR count). The van der Waals surface area contributed by atoms with Crippen LogP contribution in [0.4, 0.5) is 0 Å². The first-order chi connectivity index (χ1) is 9.34. The molecule has 0 aliphatic rings. The van der Waals surface area contributed by atoms with Crippen LogP contribution in [-0.2, 0) is 17.1 Å². The zero-order valence-electron chi connectivity index (χ0n) is 11.2. The van der Waals surface area contributed by atoms with Gasteiger partial charge in [0.15, 0.2) is 0 Å². The smallest absolute Gasteiger partial charge is 0.0924 e. The molecule has 1 N–H and O–H groups in total. The van der Waals surface area contributed by atoms with Gasteiger partial charge >= 0.3 is 0 Å². The van der Waals surface area contributed by atoms with Crippen molar-refractivity contribution >= 4 is 11.8 Å². The van der Waals surface area contributed by atoms with Gasteiger partial charge in [-0.15, -0.1) is 0 Å². The molecule has 1 heterocycles. The number of imidazole rings is 1. The number of H-pyrrole nitrogens is 1. The largest absolute Gasteiger partial charge is 0.375 e. The van der Waals surface area contributed by atoms with Crippen molar-refractivity contribution in [2.24, 2.45) is 5.92 Å². The minimum absolute atomic E-state index is 0.563. The molecule has 0 radical (unpaired) electrons. The first-order valence-electron chi connectivity index (χ1n) is 6.51. The fraction of sp³-hybridized carbons (Fsp3) is 0.400. The molecule has 4 heteroatoms. The third kappa shape index (κ3) is 5.49. The molecule has 1 aromatic carbocycles. The monoisotopic (exact) mass is 276 g/mol. The summed E-state index contributed by atoms with van der Waals surface area (Å²) in [5.41, 5.74) is 2.35. The maximum atomic E-state index is 5.65. The SMILES string of the molecule is C[C@@H](COCc1c[nH]cn1)CSCc1ccccc1. The number of hydrogen-bond donors (Lipinski definition) is 1. The summed E-state index contributed by atoms with van der Waals surface area (Å²) in [6, 6.07) is 10.6. The molecule has 0 unspecified atom stereocenters. The zero-order chi connectivity index (χ0) is 13.3. The summed E-state index contributed by atoms with van der Waals surface area (Å²) in [7, 11) is 0. The van der Waals surface area contributed by atoms with E-state index in [2.05, 4.69) is 47.2 Å². The molecular weight excluding hydrogens is 256 g/mol. The van der Waals surface area contributed by atoms with Gasteiger partial charge in [-0.25, -0.2) is 4.98 Å². The topological polar surface area (TPSA) is 37.9 Å². The zero-order valence-corrected chi connectivity index (χ0v) is 12.0. The molecule has 0 aliphatic carbocycles. The second kappa shape index (κ2) is 8.02. The Hall–Kier alpha value is -1.26. The molecule has 0 aliphatic heterocycles. The Bertz CT molecular complexity index is 444. The van der Waals surface area contributed by atoms with Crippen LogP contribution < -0.4 is 0 Å². The summed E-state index contributed by atoms with van der Waals surface area (Å²) in [6.07, 6.45) is 3.55. The van der Waals surface area contributed by atoms with E-state index in [1.165, 1.54) is 5.56 Å². The van der Waals surface area contributed by atoms with Gasteiger partial charge in [-0.1, -0.05) is 37.3 Å². The Kier molecular flexibility index (Phi) is 5.98. The maximum absolute atomic E-state index is 5.65. The van der Waals surface area contributed by atoms with Crippen LogP contribution >= 0.6 is 11.8 Å². The lowest BCUT2D eigenvalue weighted by Crippen LogP contribution is -2.08. The van der Waals surface area contributed by atoms with Crippen molar-refractivity contribution in [3.8, 4) is 0 Å². The molecule has 0 saturated heterocycles. The van der Waals surface area contributed by atoms with Crippen LogP contribution in [0.3, 0.4) is 0 Å². The van der Waals surface area contributed by atoms with Gasteiger partial charge in [0.2, 0.25) is 0 Å². The maximum Gasteiger partial charge on any atom is 0.0924 e. The van der Waals surface area contributed by atoms with Crippen molar-refractivity contribution in [2.75, 3.05) is 12.4 Å². The molecule has 19 heavy (non-hydrogen) atoms. The highest BCUT2D eigenvalue weighted by Gasteiger charge is 2.04. The average Bonchev–Trinajstić information content (AvgIpc) is 2.93. The number of ether oxygens (including phenoxy) is 1. The Labute approximate surface area is 118 Å². The number of nitrogens with zero attached hydrogens (tertiary/aromatic N) is 1. The van der Waals surface area contributed by atoms with Crippen molar-refractivity contribution in [3.05, 3.63) is 54.1 Å². The number of aromatic amines is 1. The van der Waals surface area contributed by atoms with Gasteiger partial charge in [-0.05, 0) is 17.2 Å². The number of benzene rings is 1.